The molecule has 1 heterocycles. The number of benzene rings is 1. The molecule has 1 aromatic heterocycles. The molecule has 5 nitrogen and oxygen atoms in total. The largest absolute Gasteiger partial charge is 0.496 e. The number of hydrogen-bond acceptors (Lipinski definition) is 5. The Balaban J connectivity index is 2.50. The van der Waals surface area contributed by atoms with Crippen LogP contribution in [-0.2, 0) is 0 Å². The van der Waals surface area contributed by atoms with E-state index in [2.05, 4.69) is 21.6 Å². The lowest BCUT2D eigenvalue weighted by atomic mass is 10.1. The van der Waals surface area contributed by atoms with Gasteiger partial charge in [-0.05, 0) is 30.3 Å². The van der Waals surface area contributed by atoms with Crippen molar-refractivity contribution >= 4 is 5.82 Å². The van der Waals surface area contributed by atoms with E-state index in [1.807, 2.05) is 12.1 Å². The molecule has 0 aliphatic carbocycles. The quantitative estimate of drug-likeness (QED) is 0.889. The van der Waals surface area contributed by atoms with Gasteiger partial charge in [-0.25, -0.2) is 0 Å². The maximum atomic E-state index is 8.92. The standard InChI is InChI=1S/C13H12N4O/c1-15-13-6-4-11(16-17-13)10-7-9(8-14)3-5-12(10)18-2/h3-7H,1-2H3,(H,15,17). The van der Waals surface area contributed by atoms with E-state index < -0.39 is 0 Å². The molecule has 0 atom stereocenters. The number of rotatable bonds is 3. The molecule has 0 aliphatic rings. The first-order chi connectivity index (χ1) is 8.78. The lowest BCUT2D eigenvalue weighted by molar-refractivity contribution is 0.416. The van der Waals surface area contributed by atoms with Crippen molar-refractivity contribution in [3.63, 3.8) is 0 Å². The van der Waals surface area contributed by atoms with E-state index in [4.69, 9.17) is 10.00 Å². The van der Waals surface area contributed by atoms with E-state index in [1.54, 1.807) is 32.4 Å². The summed E-state index contributed by atoms with van der Waals surface area (Å²) in [4.78, 5) is 0. The van der Waals surface area contributed by atoms with Crippen LogP contribution in [-0.4, -0.2) is 24.4 Å². The molecule has 0 saturated heterocycles. The van der Waals surface area contributed by atoms with Crippen molar-refractivity contribution in [2.75, 3.05) is 19.5 Å². The van der Waals surface area contributed by atoms with Gasteiger partial charge in [-0.15, -0.1) is 10.2 Å². The molecule has 0 aliphatic heterocycles. The maximum absolute atomic E-state index is 8.92. The first-order valence-corrected chi connectivity index (χ1v) is 5.38. The Morgan fingerprint density at radius 2 is 2.06 bits per heavy atom. The fraction of sp³-hybridized carbons (Fsp3) is 0.154. The molecule has 5 heteroatoms. The zero-order valence-corrected chi connectivity index (χ0v) is 10.1. The Morgan fingerprint density at radius 3 is 2.61 bits per heavy atom. The van der Waals surface area contributed by atoms with E-state index in [0.717, 1.165) is 5.56 Å². The van der Waals surface area contributed by atoms with Crippen LogP contribution in [0.5, 0.6) is 5.75 Å². The Kier molecular flexibility index (Phi) is 3.39. The molecule has 1 N–H and O–H groups in total. The number of nitrogens with one attached hydrogen (secondary N) is 1. The summed E-state index contributed by atoms with van der Waals surface area (Å²) in [6.45, 7) is 0. The van der Waals surface area contributed by atoms with Crippen LogP contribution in [0.1, 0.15) is 5.56 Å². The predicted molar refractivity (Wildman–Crippen MR) is 68.3 cm³/mol. The molecular weight excluding hydrogens is 228 g/mol. The number of anilines is 1. The SMILES string of the molecule is CNc1ccc(-c2cc(C#N)ccc2OC)nn1. The molecule has 2 aromatic rings. The second-order valence-corrected chi connectivity index (χ2v) is 3.58. The minimum atomic E-state index is 0.560. The molecule has 0 radical (unpaired) electrons. The van der Waals surface area contributed by atoms with Crippen LogP contribution in [0.2, 0.25) is 0 Å². The summed E-state index contributed by atoms with van der Waals surface area (Å²) in [7, 11) is 3.36. The van der Waals surface area contributed by atoms with Gasteiger partial charge in [0.2, 0.25) is 0 Å². The van der Waals surface area contributed by atoms with Crippen LogP contribution in [0.15, 0.2) is 30.3 Å². The lowest BCUT2D eigenvalue weighted by Gasteiger charge is -2.08. The lowest BCUT2D eigenvalue weighted by Crippen LogP contribution is -1.96. The molecule has 0 saturated carbocycles. The van der Waals surface area contributed by atoms with Crippen LogP contribution in [0.3, 0.4) is 0 Å². The maximum Gasteiger partial charge on any atom is 0.148 e. The summed E-state index contributed by atoms with van der Waals surface area (Å²) in [6, 6.07) is 10.9. The van der Waals surface area contributed by atoms with Crippen LogP contribution in [0.4, 0.5) is 5.82 Å². The first-order valence-electron chi connectivity index (χ1n) is 5.38. The molecule has 18 heavy (non-hydrogen) atoms. The molecule has 0 unspecified atom stereocenters. The fourth-order valence-corrected chi connectivity index (χ4v) is 1.59. The number of nitriles is 1. The van der Waals surface area contributed by atoms with Crippen LogP contribution in [0, 0.1) is 11.3 Å². The van der Waals surface area contributed by atoms with Gasteiger partial charge in [0.15, 0.2) is 0 Å². The first kappa shape index (κ1) is 11.9. The van der Waals surface area contributed by atoms with Crippen molar-refractivity contribution in [3.05, 3.63) is 35.9 Å². The average molecular weight is 240 g/mol. The zero-order valence-electron chi connectivity index (χ0n) is 10.1. The number of nitrogens with zero attached hydrogens (tertiary/aromatic N) is 3. The summed E-state index contributed by atoms with van der Waals surface area (Å²) in [5.74, 6) is 1.36. The monoisotopic (exact) mass is 240 g/mol. The third-order valence-corrected chi connectivity index (χ3v) is 2.53. The highest BCUT2D eigenvalue weighted by molar-refractivity contribution is 5.69. The number of aromatic nitrogens is 2. The van der Waals surface area contributed by atoms with Gasteiger partial charge in [0.05, 0.1) is 24.4 Å². The van der Waals surface area contributed by atoms with Crippen molar-refractivity contribution in [2.24, 2.45) is 0 Å². The summed E-state index contributed by atoms with van der Waals surface area (Å²) >= 11 is 0. The number of ether oxygens (including phenoxy) is 1. The van der Waals surface area contributed by atoms with Crippen molar-refractivity contribution in [2.45, 2.75) is 0 Å². The third-order valence-electron chi connectivity index (χ3n) is 2.53. The van der Waals surface area contributed by atoms with Crippen LogP contribution >= 0.6 is 0 Å². The van der Waals surface area contributed by atoms with Crippen molar-refractivity contribution < 1.29 is 4.74 Å². The molecule has 1 aromatic carbocycles. The molecular formula is C13H12N4O. The van der Waals surface area contributed by atoms with Gasteiger partial charge in [-0.1, -0.05) is 0 Å². The van der Waals surface area contributed by atoms with Crippen molar-refractivity contribution in [3.8, 4) is 23.1 Å². The number of methoxy groups -OCH3 is 1. The predicted octanol–water partition coefficient (Wildman–Crippen LogP) is 2.07. The molecule has 0 spiro atoms. The van der Waals surface area contributed by atoms with Crippen LogP contribution < -0.4 is 10.1 Å². The molecule has 0 bridgehead atoms. The van der Waals surface area contributed by atoms with E-state index in [0.29, 0.717) is 22.8 Å². The summed E-state index contributed by atoms with van der Waals surface area (Å²) in [5, 5.41) is 19.9. The minimum Gasteiger partial charge on any atom is -0.496 e. The Hall–Kier alpha value is -2.61. The highest BCUT2D eigenvalue weighted by Crippen LogP contribution is 2.29. The van der Waals surface area contributed by atoms with Gasteiger partial charge in [0, 0.05) is 12.6 Å². The molecule has 90 valence electrons. The van der Waals surface area contributed by atoms with E-state index >= 15 is 0 Å². The van der Waals surface area contributed by atoms with Gasteiger partial charge < -0.3 is 10.1 Å². The average Bonchev–Trinajstić information content (AvgIpc) is 2.46. The summed E-state index contributed by atoms with van der Waals surface area (Å²) in [6.07, 6.45) is 0. The van der Waals surface area contributed by atoms with Crippen molar-refractivity contribution in [1.82, 2.24) is 10.2 Å². The van der Waals surface area contributed by atoms with Gasteiger partial charge in [0.1, 0.15) is 11.6 Å². The summed E-state index contributed by atoms with van der Waals surface area (Å²) < 4.78 is 5.26. The van der Waals surface area contributed by atoms with E-state index in [1.165, 1.54) is 0 Å². The second kappa shape index (κ2) is 5.15. The topological polar surface area (TPSA) is 70.8 Å². The minimum absolute atomic E-state index is 0.560. The second-order valence-electron chi connectivity index (χ2n) is 3.58. The van der Waals surface area contributed by atoms with E-state index in [-0.39, 0.29) is 0 Å². The highest BCUT2D eigenvalue weighted by atomic mass is 16.5. The highest BCUT2D eigenvalue weighted by Gasteiger charge is 2.09. The van der Waals surface area contributed by atoms with Gasteiger partial charge in [-0.2, -0.15) is 5.26 Å². The molecule has 0 amide bonds. The van der Waals surface area contributed by atoms with Gasteiger partial charge in [-0.3, -0.25) is 0 Å². The normalized spacial score (nSPS) is 9.61. The Labute approximate surface area is 105 Å². The summed E-state index contributed by atoms with van der Waals surface area (Å²) in [5.41, 5.74) is 1.99. The van der Waals surface area contributed by atoms with Gasteiger partial charge >= 0.3 is 0 Å². The molecule has 0 fully saturated rings. The third kappa shape index (κ3) is 2.23. The fourth-order valence-electron chi connectivity index (χ4n) is 1.59. The molecule has 2 rings (SSSR count). The Bertz CT molecular complexity index is 587. The number of hydrogen-bond donors (Lipinski definition) is 1. The van der Waals surface area contributed by atoms with E-state index in [9.17, 15) is 0 Å². The van der Waals surface area contributed by atoms with Gasteiger partial charge in [0.25, 0.3) is 0 Å². The van der Waals surface area contributed by atoms with Crippen molar-refractivity contribution in [1.29, 1.82) is 5.26 Å². The zero-order chi connectivity index (χ0) is 13.0. The smallest absolute Gasteiger partial charge is 0.148 e. The Morgan fingerprint density at radius 1 is 1.22 bits per heavy atom. The van der Waals surface area contributed by atoms with Crippen LogP contribution in [0.25, 0.3) is 11.3 Å².